The first-order valence-corrected chi connectivity index (χ1v) is 9.41. The molecule has 0 saturated carbocycles. The summed E-state index contributed by atoms with van der Waals surface area (Å²) in [5, 5.41) is 3.23. The number of nitrogens with zero attached hydrogens (tertiary/aromatic N) is 1. The summed E-state index contributed by atoms with van der Waals surface area (Å²) in [6, 6.07) is 0.247. The standard InChI is InChI=1S/C14H28N2O3S/c1-4-5-9-16(13-7-10-20(18,19)11-13)14(17)6-8-15-12(2)3/h12-13,15H,4-11H2,1-3H3. The maximum absolute atomic E-state index is 12.3. The quantitative estimate of drug-likeness (QED) is 0.731. The van der Waals surface area contributed by atoms with Gasteiger partial charge in [0.1, 0.15) is 0 Å². The van der Waals surface area contributed by atoms with Gasteiger partial charge in [0.05, 0.1) is 11.5 Å². The number of hydrogen-bond donors (Lipinski definition) is 1. The number of amides is 1. The molecule has 118 valence electrons. The Bertz CT molecular complexity index is 407. The highest BCUT2D eigenvalue weighted by molar-refractivity contribution is 7.91. The summed E-state index contributed by atoms with van der Waals surface area (Å²) in [5.41, 5.74) is 0. The highest BCUT2D eigenvalue weighted by atomic mass is 32.2. The van der Waals surface area contributed by atoms with Crippen molar-refractivity contribution in [1.82, 2.24) is 10.2 Å². The van der Waals surface area contributed by atoms with Crippen molar-refractivity contribution >= 4 is 15.7 Å². The largest absolute Gasteiger partial charge is 0.339 e. The number of nitrogens with one attached hydrogen (secondary N) is 1. The summed E-state index contributed by atoms with van der Waals surface area (Å²) >= 11 is 0. The van der Waals surface area contributed by atoms with Gasteiger partial charge in [-0.25, -0.2) is 8.42 Å². The summed E-state index contributed by atoms with van der Waals surface area (Å²) < 4.78 is 23.2. The predicted octanol–water partition coefficient (Wildman–Crippen LogP) is 1.19. The van der Waals surface area contributed by atoms with Crippen molar-refractivity contribution in [2.45, 2.75) is 58.5 Å². The minimum absolute atomic E-state index is 0.0775. The van der Waals surface area contributed by atoms with Gasteiger partial charge in [0.25, 0.3) is 0 Å². The number of rotatable bonds is 8. The fourth-order valence-corrected chi connectivity index (χ4v) is 4.20. The van der Waals surface area contributed by atoms with Crippen LogP contribution in [-0.2, 0) is 14.6 Å². The second kappa shape index (κ2) is 7.98. The molecule has 1 aliphatic heterocycles. The van der Waals surface area contributed by atoms with Gasteiger partial charge in [0, 0.05) is 31.6 Å². The van der Waals surface area contributed by atoms with Gasteiger partial charge in [-0.05, 0) is 12.8 Å². The molecule has 1 amide bonds. The van der Waals surface area contributed by atoms with E-state index in [0.29, 0.717) is 32.0 Å². The first kappa shape index (κ1) is 17.4. The molecule has 20 heavy (non-hydrogen) atoms. The molecular formula is C14H28N2O3S. The molecule has 1 atom stereocenters. The Hall–Kier alpha value is -0.620. The Kier molecular flexibility index (Phi) is 6.95. The van der Waals surface area contributed by atoms with E-state index in [1.807, 2.05) is 13.8 Å². The van der Waals surface area contributed by atoms with Crippen LogP contribution in [0.15, 0.2) is 0 Å². The van der Waals surface area contributed by atoms with Gasteiger partial charge in [0.15, 0.2) is 9.84 Å². The molecule has 0 radical (unpaired) electrons. The van der Waals surface area contributed by atoms with E-state index in [1.165, 1.54) is 0 Å². The van der Waals surface area contributed by atoms with E-state index >= 15 is 0 Å². The molecule has 1 saturated heterocycles. The van der Waals surface area contributed by atoms with Crippen LogP contribution in [0, 0.1) is 0 Å². The Morgan fingerprint density at radius 1 is 1.40 bits per heavy atom. The first-order chi connectivity index (χ1) is 9.35. The van der Waals surface area contributed by atoms with Crippen LogP contribution in [0.5, 0.6) is 0 Å². The first-order valence-electron chi connectivity index (χ1n) is 7.59. The minimum Gasteiger partial charge on any atom is -0.339 e. The average Bonchev–Trinajstić information content (AvgIpc) is 2.69. The van der Waals surface area contributed by atoms with Crippen LogP contribution < -0.4 is 5.32 Å². The number of carbonyl (C=O) groups is 1. The van der Waals surface area contributed by atoms with Gasteiger partial charge in [-0.1, -0.05) is 27.2 Å². The summed E-state index contributed by atoms with van der Waals surface area (Å²) in [6.07, 6.45) is 2.97. The molecule has 1 aliphatic rings. The minimum atomic E-state index is -2.94. The molecule has 0 bridgehead atoms. The molecule has 1 unspecified atom stereocenters. The van der Waals surface area contributed by atoms with Gasteiger partial charge in [-0.15, -0.1) is 0 Å². The Morgan fingerprint density at radius 2 is 2.10 bits per heavy atom. The monoisotopic (exact) mass is 304 g/mol. The van der Waals surface area contributed by atoms with Crippen molar-refractivity contribution in [3.05, 3.63) is 0 Å². The van der Waals surface area contributed by atoms with Crippen molar-refractivity contribution in [3.8, 4) is 0 Å². The lowest BCUT2D eigenvalue weighted by molar-refractivity contribution is -0.133. The molecule has 1 fully saturated rings. The topological polar surface area (TPSA) is 66.5 Å². The molecule has 1 heterocycles. The second-order valence-electron chi connectivity index (χ2n) is 5.86. The van der Waals surface area contributed by atoms with E-state index in [9.17, 15) is 13.2 Å². The van der Waals surface area contributed by atoms with Crippen LogP contribution in [0.3, 0.4) is 0 Å². The SMILES string of the molecule is CCCCN(C(=O)CCNC(C)C)C1CCS(=O)(=O)C1. The number of unbranched alkanes of at least 4 members (excludes halogenated alkanes) is 1. The lowest BCUT2D eigenvalue weighted by Crippen LogP contribution is -2.43. The maximum atomic E-state index is 12.3. The highest BCUT2D eigenvalue weighted by Gasteiger charge is 2.33. The Balaban J connectivity index is 2.57. The molecule has 0 aromatic rings. The summed E-state index contributed by atoms with van der Waals surface area (Å²) in [5.74, 6) is 0.437. The molecule has 1 N–H and O–H groups in total. The van der Waals surface area contributed by atoms with Gasteiger partial charge in [0.2, 0.25) is 5.91 Å². The van der Waals surface area contributed by atoms with Crippen molar-refractivity contribution in [2.24, 2.45) is 0 Å². The molecular weight excluding hydrogens is 276 g/mol. The van der Waals surface area contributed by atoms with Crippen molar-refractivity contribution in [3.63, 3.8) is 0 Å². The maximum Gasteiger partial charge on any atom is 0.224 e. The Labute approximate surface area is 123 Å². The van der Waals surface area contributed by atoms with Gasteiger partial charge in [-0.3, -0.25) is 4.79 Å². The van der Waals surface area contributed by atoms with Crippen LogP contribution >= 0.6 is 0 Å². The molecule has 0 aromatic carbocycles. The zero-order valence-corrected chi connectivity index (χ0v) is 13.7. The lowest BCUT2D eigenvalue weighted by Gasteiger charge is -2.28. The van der Waals surface area contributed by atoms with E-state index in [-0.39, 0.29) is 23.5 Å². The van der Waals surface area contributed by atoms with Gasteiger partial charge in [-0.2, -0.15) is 0 Å². The van der Waals surface area contributed by atoms with Gasteiger partial charge < -0.3 is 10.2 Å². The van der Waals surface area contributed by atoms with Crippen molar-refractivity contribution in [1.29, 1.82) is 0 Å². The van der Waals surface area contributed by atoms with Gasteiger partial charge >= 0.3 is 0 Å². The fourth-order valence-electron chi connectivity index (χ4n) is 2.47. The van der Waals surface area contributed by atoms with Crippen molar-refractivity contribution in [2.75, 3.05) is 24.6 Å². The van der Waals surface area contributed by atoms with E-state index in [4.69, 9.17) is 0 Å². The zero-order valence-electron chi connectivity index (χ0n) is 12.9. The predicted molar refractivity (Wildman–Crippen MR) is 81.4 cm³/mol. The van der Waals surface area contributed by atoms with Crippen LogP contribution in [0.4, 0.5) is 0 Å². The molecule has 0 aliphatic carbocycles. The van der Waals surface area contributed by atoms with Crippen molar-refractivity contribution < 1.29 is 13.2 Å². The van der Waals surface area contributed by atoms with Crippen LogP contribution in [0.1, 0.15) is 46.5 Å². The third-order valence-corrected chi connectivity index (χ3v) is 5.36. The van der Waals surface area contributed by atoms with E-state index in [2.05, 4.69) is 12.2 Å². The number of hydrogen-bond acceptors (Lipinski definition) is 4. The lowest BCUT2D eigenvalue weighted by atomic mass is 10.1. The van der Waals surface area contributed by atoms with E-state index in [1.54, 1.807) is 4.90 Å². The smallest absolute Gasteiger partial charge is 0.224 e. The zero-order chi connectivity index (χ0) is 15.2. The van der Waals surface area contributed by atoms with E-state index < -0.39 is 9.84 Å². The average molecular weight is 304 g/mol. The molecule has 0 spiro atoms. The molecule has 5 nitrogen and oxygen atoms in total. The Morgan fingerprint density at radius 3 is 2.60 bits per heavy atom. The van der Waals surface area contributed by atoms with Crippen LogP contribution in [0.2, 0.25) is 0 Å². The summed E-state index contributed by atoms with van der Waals surface area (Å²) in [6.45, 7) is 7.50. The normalized spacial score (nSPS) is 21.3. The molecule has 6 heteroatoms. The summed E-state index contributed by atoms with van der Waals surface area (Å²) in [7, 11) is -2.94. The van der Waals surface area contributed by atoms with Crippen LogP contribution in [0.25, 0.3) is 0 Å². The summed E-state index contributed by atoms with van der Waals surface area (Å²) in [4.78, 5) is 14.1. The molecule has 1 rings (SSSR count). The third-order valence-electron chi connectivity index (χ3n) is 3.61. The fraction of sp³-hybridized carbons (Fsp3) is 0.929. The molecule has 0 aromatic heterocycles. The van der Waals surface area contributed by atoms with E-state index in [0.717, 1.165) is 12.8 Å². The third kappa shape index (κ3) is 5.79. The highest BCUT2D eigenvalue weighted by Crippen LogP contribution is 2.19. The number of carbonyl (C=O) groups excluding carboxylic acids is 1. The number of sulfone groups is 1. The second-order valence-corrected chi connectivity index (χ2v) is 8.09. The van der Waals surface area contributed by atoms with Crippen LogP contribution in [-0.4, -0.2) is 55.9 Å².